The zero-order valence-corrected chi connectivity index (χ0v) is 13.0. The molecule has 7 nitrogen and oxygen atoms in total. The molecule has 2 amide bonds. The lowest BCUT2D eigenvalue weighted by molar-refractivity contribution is -0.157. The van der Waals surface area contributed by atoms with E-state index in [4.69, 9.17) is 33.7 Å². The highest BCUT2D eigenvalue weighted by Crippen LogP contribution is 2.28. The number of hydrogen-bond acceptors (Lipinski definition) is 5. The summed E-state index contributed by atoms with van der Waals surface area (Å²) in [5.41, 5.74) is 5.01. The Balaban J connectivity index is 2.30. The van der Waals surface area contributed by atoms with Crippen molar-refractivity contribution in [2.45, 2.75) is 5.60 Å². The quantitative estimate of drug-likeness (QED) is 0.666. The fraction of sp³-hybridized carbons (Fsp3) is 0.385. The Labute approximate surface area is 136 Å². The standard InChI is InChI=1S/C13H15Cl2N3O4/c14-9-5-8(6-10(15)7-9)13(21,11(16)19)12(20)17-18-1-3-22-4-2-18/h5-7,21H,1-4H2,(H2,16,19)(H,17,20). The van der Waals surface area contributed by atoms with Gasteiger partial charge in [0.05, 0.1) is 13.2 Å². The van der Waals surface area contributed by atoms with Gasteiger partial charge in [0, 0.05) is 28.7 Å². The Bertz CT molecular complexity index is 572. The number of hydrogen-bond donors (Lipinski definition) is 3. The molecule has 0 bridgehead atoms. The fourth-order valence-electron chi connectivity index (χ4n) is 2.05. The van der Waals surface area contributed by atoms with Gasteiger partial charge in [-0.3, -0.25) is 15.0 Å². The van der Waals surface area contributed by atoms with E-state index in [1.54, 1.807) is 0 Å². The summed E-state index contributed by atoms with van der Waals surface area (Å²) in [6.07, 6.45) is 0. The van der Waals surface area contributed by atoms with Crippen molar-refractivity contribution < 1.29 is 19.4 Å². The molecule has 1 aliphatic heterocycles. The van der Waals surface area contributed by atoms with Gasteiger partial charge in [0.25, 0.3) is 11.8 Å². The van der Waals surface area contributed by atoms with Crippen LogP contribution in [0.2, 0.25) is 10.0 Å². The number of nitrogens with two attached hydrogens (primary N) is 1. The molecule has 0 radical (unpaired) electrons. The van der Waals surface area contributed by atoms with Crippen molar-refractivity contribution in [2.75, 3.05) is 26.3 Å². The van der Waals surface area contributed by atoms with E-state index in [-0.39, 0.29) is 15.6 Å². The second kappa shape index (κ2) is 6.80. The molecular formula is C13H15Cl2N3O4. The number of carbonyl (C=O) groups is 2. The van der Waals surface area contributed by atoms with Gasteiger partial charge in [-0.25, -0.2) is 5.01 Å². The van der Waals surface area contributed by atoms with Crippen LogP contribution < -0.4 is 11.2 Å². The maximum absolute atomic E-state index is 12.4. The number of benzene rings is 1. The highest BCUT2D eigenvalue weighted by atomic mass is 35.5. The zero-order valence-electron chi connectivity index (χ0n) is 11.5. The third-order valence-corrected chi connectivity index (χ3v) is 3.67. The molecule has 1 aromatic rings. The molecule has 120 valence electrons. The fourth-order valence-corrected chi connectivity index (χ4v) is 2.57. The van der Waals surface area contributed by atoms with Crippen molar-refractivity contribution in [2.24, 2.45) is 5.73 Å². The first-order chi connectivity index (χ1) is 10.3. The van der Waals surface area contributed by atoms with Crippen LogP contribution in [0.15, 0.2) is 18.2 Å². The number of nitrogens with zero attached hydrogens (tertiary/aromatic N) is 1. The van der Waals surface area contributed by atoms with E-state index < -0.39 is 17.4 Å². The number of ether oxygens (including phenoxy) is 1. The van der Waals surface area contributed by atoms with Gasteiger partial charge in [-0.15, -0.1) is 0 Å². The summed E-state index contributed by atoms with van der Waals surface area (Å²) < 4.78 is 5.15. The average Bonchev–Trinajstić information content (AvgIpc) is 2.46. The topological polar surface area (TPSA) is 105 Å². The second-order valence-corrected chi connectivity index (χ2v) is 5.65. The van der Waals surface area contributed by atoms with Crippen LogP contribution >= 0.6 is 23.2 Å². The minimum absolute atomic E-state index is 0.0942. The van der Waals surface area contributed by atoms with Crippen molar-refractivity contribution in [3.05, 3.63) is 33.8 Å². The third-order valence-electron chi connectivity index (χ3n) is 3.24. The van der Waals surface area contributed by atoms with E-state index in [9.17, 15) is 14.7 Å². The van der Waals surface area contributed by atoms with Crippen LogP contribution in [0.1, 0.15) is 5.56 Å². The molecule has 0 saturated carbocycles. The van der Waals surface area contributed by atoms with Crippen LogP contribution in [0.5, 0.6) is 0 Å². The first-order valence-corrected chi connectivity index (χ1v) is 7.22. The largest absolute Gasteiger partial charge is 0.379 e. The molecule has 0 aliphatic carbocycles. The highest BCUT2D eigenvalue weighted by Gasteiger charge is 2.45. The van der Waals surface area contributed by atoms with Crippen molar-refractivity contribution in [3.63, 3.8) is 0 Å². The Hall–Kier alpha value is -1.38. The number of hydrazine groups is 1. The summed E-state index contributed by atoms with van der Waals surface area (Å²) in [4.78, 5) is 24.1. The molecule has 9 heteroatoms. The zero-order chi connectivity index (χ0) is 16.3. The highest BCUT2D eigenvalue weighted by molar-refractivity contribution is 6.34. The molecule has 1 heterocycles. The van der Waals surface area contributed by atoms with Crippen molar-refractivity contribution >= 4 is 35.0 Å². The van der Waals surface area contributed by atoms with Gasteiger partial charge in [-0.1, -0.05) is 23.2 Å². The van der Waals surface area contributed by atoms with E-state index in [0.717, 1.165) is 0 Å². The summed E-state index contributed by atoms with van der Waals surface area (Å²) >= 11 is 11.7. The number of aliphatic hydroxyl groups is 1. The van der Waals surface area contributed by atoms with Crippen LogP contribution in [0.25, 0.3) is 0 Å². The number of primary amides is 1. The summed E-state index contributed by atoms with van der Waals surface area (Å²) in [5, 5.41) is 12.4. The number of morpholine rings is 1. The molecule has 0 spiro atoms. The number of nitrogens with one attached hydrogen (secondary N) is 1. The Morgan fingerprint density at radius 2 is 1.77 bits per heavy atom. The molecule has 0 aromatic heterocycles. The molecule has 1 unspecified atom stereocenters. The SMILES string of the molecule is NC(=O)C(O)(C(=O)NN1CCOCC1)c1cc(Cl)cc(Cl)c1. The molecule has 1 aliphatic rings. The predicted octanol–water partition coefficient (Wildman–Crippen LogP) is 0.0297. The maximum atomic E-state index is 12.4. The van der Waals surface area contributed by atoms with Gasteiger partial charge in [-0.05, 0) is 18.2 Å². The van der Waals surface area contributed by atoms with Crippen LogP contribution in [-0.2, 0) is 19.9 Å². The lowest BCUT2D eigenvalue weighted by Crippen LogP contribution is -2.59. The summed E-state index contributed by atoms with van der Waals surface area (Å²) in [5.74, 6) is -2.20. The minimum atomic E-state index is -2.58. The first kappa shape index (κ1) is 17.0. The summed E-state index contributed by atoms with van der Waals surface area (Å²) in [6.45, 7) is 1.71. The Morgan fingerprint density at radius 1 is 1.23 bits per heavy atom. The van der Waals surface area contributed by atoms with E-state index in [2.05, 4.69) is 5.43 Å². The van der Waals surface area contributed by atoms with Crippen LogP contribution in [-0.4, -0.2) is 48.2 Å². The van der Waals surface area contributed by atoms with E-state index >= 15 is 0 Å². The molecular weight excluding hydrogens is 333 g/mol. The van der Waals surface area contributed by atoms with Gasteiger partial charge < -0.3 is 15.6 Å². The van der Waals surface area contributed by atoms with Crippen LogP contribution in [0.3, 0.4) is 0 Å². The number of rotatable bonds is 4. The predicted molar refractivity (Wildman–Crippen MR) is 80.1 cm³/mol. The monoisotopic (exact) mass is 347 g/mol. The van der Waals surface area contributed by atoms with Gasteiger partial charge in [0.2, 0.25) is 5.60 Å². The number of amides is 2. The van der Waals surface area contributed by atoms with Crippen molar-refractivity contribution in [3.8, 4) is 0 Å². The first-order valence-electron chi connectivity index (χ1n) is 6.46. The molecule has 1 saturated heterocycles. The summed E-state index contributed by atoms with van der Waals surface area (Å²) in [7, 11) is 0. The third kappa shape index (κ3) is 3.50. The van der Waals surface area contributed by atoms with E-state index in [1.165, 1.54) is 23.2 Å². The average molecular weight is 348 g/mol. The molecule has 1 fully saturated rings. The normalized spacial score (nSPS) is 18.5. The lowest BCUT2D eigenvalue weighted by atomic mass is 9.92. The molecule has 2 rings (SSSR count). The van der Waals surface area contributed by atoms with Crippen molar-refractivity contribution in [1.82, 2.24) is 10.4 Å². The van der Waals surface area contributed by atoms with Crippen LogP contribution in [0, 0.1) is 0 Å². The van der Waals surface area contributed by atoms with Gasteiger partial charge >= 0.3 is 0 Å². The molecule has 1 aromatic carbocycles. The lowest BCUT2D eigenvalue weighted by Gasteiger charge is -2.31. The molecule has 4 N–H and O–H groups in total. The Morgan fingerprint density at radius 3 is 2.27 bits per heavy atom. The molecule has 22 heavy (non-hydrogen) atoms. The number of halogens is 2. The summed E-state index contributed by atoms with van der Waals surface area (Å²) in [6, 6.07) is 3.93. The second-order valence-electron chi connectivity index (χ2n) is 4.77. The van der Waals surface area contributed by atoms with Crippen molar-refractivity contribution in [1.29, 1.82) is 0 Å². The number of carbonyl (C=O) groups excluding carboxylic acids is 2. The van der Waals surface area contributed by atoms with Crippen LogP contribution in [0.4, 0.5) is 0 Å². The Kier molecular flexibility index (Phi) is 5.25. The van der Waals surface area contributed by atoms with Gasteiger partial charge in [0.1, 0.15) is 0 Å². The van der Waals surface area contributed by atoms with E-state index in [1.807, 2.05) is 0 Å². The maximum Gasteiger partial charge on any atom is 0.280 e. The van der Waals surface area contributed by atoms with Gasteiger partial charge in [-0.2, -0.15) is 0 Å². The van der Waals surface area contributed by atoms with Gasteiger partial charge in [0.15, 0.2) is 0 Å². The smallest absolute Gasteiger partial charge is 0.280 e. The molecule has 1 atom stereocenters. The minimum Gasteiger partial charge on any atom is -0.379 e. The van der Waals surface area contributed by atoms with E-state index in [0.29, 0.717) is 26.3 Å².